The fourth-order valence-corrected chi connectivity index (χ4v) is 1.26. The number of carbonyl (C=O) groups is 3. The Bertz CT molecular complexity index is 322. The average Bonchev–Trinajstić information content (AvgIpc) is 2.23. The van der Waals surface area contributed by atoms with Crippen molar-refractivity contribution >= 4 is 18.0 Å². The largest absolute Gasteiger partial charge is 0.481 e. The second-order valence-electron chi connectivity index (χ2n) is 4.70. The van der Waals surface area contributed by atoms with E-state index >= 15 is 0 Å². The van der Waals surface area contributed by atoms with E-state index in [9.17, 15) is 14.4 Å². The predicted molar refractivity (Wildman–Crippen MR) is 64.1 cm³/mol. The molecule has 0 saturated heterocycles. The van der Waals surface area contributed by atoms with Crippen LogP contribution in [0.25, 0.3) is 0 Å². The number of esters is 1. The van der Waals surface area contributed by atoms with E-state index in [0.717, 1.165) is 0 Å². The van der Waals surface area contributed by atoms with Gasteiger partial charge in [0.15, 0.2) is 0 Å². The van der Waals surface area contributed by atoms with Crippen molar-refractivity contribution in [1.29, 1.82) is 0 Å². The molecule has 104 valence electrons. The molecule has 0 aromatic heterocycles. The minimum absolute atomic E-state index is 0.0752. The summed E-state index contributed by atoms with van der Waals surface area (Å²) >= 11 is 0. The Kier molecular flexibility index (Phi) is 6.15. The average molecular weight is 260 g/mol. The van der Waals surface area contributed by atoms with Crippen molar-refractivity contribution < 1.29 is 24.2 Å². The normalized spacial score (nSPS) is 10.7. The first-order valence-corrected chi connectivity index (χ1v) is 5.52. The van der Waals surface area contributed by atoms with E-state index in [2.05, 4.69) is 10.1 Å². The number of hydrogen-bond donors (Lipinski definition) is 2. The monoisotopic (exact) mass is 260 g/mol. The number of nitrogens with zero attached hydrogens (tertiary/aromatic N) is 1. The zero-order valence-electron chi connectivity index (χ0n) is 11.1. The SMILES string of the molecule is COC(=O)CNC(=O)N(CCC(=O)O)C(C)(C)C. The number of rotatable bonds is 5. The fraction of sp³-hybridized carbons (Fsp3) is 0.727. The number of carboxylic acids is 1. The van der Waals surface area contributed by atoms with Crippen molar-refractivity contribution in [3.8, 4) is 0 Å². The number of carbonyl (C=O) groups excluding carboxylic acids is 2. The molecule has 2 amide bonds. The van der Waals surface area contributed by atoms with Crippen molar-refractivity contribution in [2.75, 3.05) is 20.2 Å². The second-order valence-corrected chi connectivity index (χ2v) is 4.70. The highest BCUT2D eigenvalue weighted by atomic mass is 16.5. The number of nitrogens with one attached hydrogen (secondary N) is 1. The Labute approximate surface area is 106 Å². The van der Waals surface area contributed by atoms with Gasteiger partial charge in [0, 0.05) is 12.1 Å². The molecule has 7 heteroatoms. The molecule has 0 atom stereocenters. The molecule has 0 aromatic rings. The molecule has 0 aromatic carbocycles. The van der Waals surface area contributed by atoms with Crippen molar-refractivity contribution in [2.24, 2.45) is 0 Å². The van der Waals surface area contributed by atoms with Crippen LogP contribution in [0.3, 0.4) is 0 Å². The standard InChI is InChI=1S/C11H20N2O5/c1-11(2,3)13(6-5-8(14)15)10(17)12-7-9(16)18-4/h5-7H2,1-4H3,(H,12,17)(H,14,15). The first-order chi connectivity index (χ1) is 8.18. The minimum Gasteiger partial charge on any atom is -0.481 e. The molecule has 0 aliphatic heterocycles. The topological polar surface area (TPSA) is 95.9 Å². The van der Waals surface area contributed by atoms with Gasteiger partial charge in [-0.05, 0) is 20.8 Å². The van der Waals surface area contributed by atoms with E-state index in [1.165, 1.54) is 12.0 Å². The first kappa shape index (κ1) is 16.2. The van der Waals surface area contributed by atoms with E-state index in [4.69, 9.17) is 5.11 Å². The van der Waals surface area contributed by atoms with Crippen LogP contribution in [-0.2, 0) is 14.3 Å². The summed E-state index contributed by atoms with van der Waals surface area (Å²) < 4.78 is 4.40. The summed E-state index contributed by atoms with van der Waals surface area (Å²) in [5.41, 5.74) is -0.532. The molecule has 18 heavy (non-hydrogen) atoms. The van der Waals surface area contributed by atoms with Crippen LogP contribution in [0.15, 0.2) is 0 Å². The number of carboxylic acid groups (broad SMARTS) is 1. The number of methoxy groups -OCH3 is 1. The molecule has 0 bridgehead atoms. The van der Waals surface area contributed by atoms with Gasteiger partial charge in [0.05, 0.1) is 13.5 Å². The lowest BCUT2D eigenvalue weighted by Crippen LogP contribution is -2.52. The van der Waals surface area contributed by atoms with Crippen molar-refractivity contribution in [2.45, 2.75) is 32.7 Å². The first-order valence-electron chi connectivity index (χ1n) is 5.52. The number of amides is 2. The number of ether oxygens (including phenoxy) is 1. The maximum Gasteiger partial charge on any atom is 0.325 e. The third-order valence-electron chi connectivity index (χ3n) is 2.22. The molecule has 0 spiro atoms. The molecule has 0 heterocycles. The molecular formula is C11H20N2O5. The van der Waals surface area contributed by atoms with E-state index in [-0.39, 0.29) is 19.5 Å². The van der Waals surface area contributed by atoms with Crippen molar-refractivity contribution in [1.82, 2.24) is 10.2 Å². The second kappa shape index (κ2) is 6.83. The predicted octanol–water partition coefficient (Wildman–Crippen LogP) is 0.444. The third kappa shape index (κ3) is 6.07. The Morgan fingerprint density at radius 1 is 1.28 bits per heavy atom. The van der Waals surface area contributed by atoms with Crippen LogP contribution >= 0.6 is 0 Å². The summed E-state index contributed by atoms with van der Waals surface area (Å²) in [5.74, 6) is -1.54. The lowest BCUT2D eigenvalue weighted by atomic mass is 10.1. The van der Waals surface area contributed by atoms with Gasteiger partial charge in [-0.3, -0.25) is 9.59 Å². The van der Waals surface area contributed by atoms with Gasteiger partial charge >= 0.3 is 18.0 Å². The van der Waals surface area contributed by atoms with Crippen LogP contribution in [-0.4, -0.2) is 53.7 Å². The summed E-state index contributed by atoms with van der Waals surface area (Å²) in [5, 5.41) is 11.0. The highest BCUT2D eigenvalue weighted by Gasteiger charge is 2.26. The van der Waals surface area contributed by atoms with E-state index < -0.39 is 23.5 Å². The van der Waals surface area contributed by atoms with E-state index in [0.29, 0.717) is 0 Å². The molecule has 0 radical (unpaired) electrons. The summed E-state index contributed by atoms with van der Waals surface area (Å²) in [6.07, 6.45) is -0.150. The van der Waals surface area contributed by atoms with Crippen molar-refractivity contribution in [3.05, 3.63) is 0 Å². The molecule has 0 aliphatic carbocycles. The smallest absolute Gasteiger partial charge is 0.325 e. The van der Waals surface area contributed by atoms with E-state index in [1.807, 2.05) is 0 Å². The zero-order chi connectivity index (χ0) is 14.3. The highest BCUT2D eigenvalue weighted by Crippen LogP contribution is 2.13. The maximum atomic E-state index is 11.8. The van der Waals surface area contributed by atoms with Gasteiger partial charge in [0.1, 0.15) is 6.54 Å². The third-order valence-corrected chi connectivity index (χ3v) is 2.22. The van der Waals surface area contributed by atoms with Crippen molar-refractivity contribution in [3.63, 3.8) is 0 Å². The molecule has 0 aliphatic rings. The van der Waals surface area contributed by atoms with Gasteiger partial charge in [0.2, 0.25) is 0 Å². The van der Waals surface area contributed by atoms with Gasteiger partial charge in [-0.2, -0.15) is 0 Å². The number of hydrogen-bond acceptors (Lipinski definition) is 4. The van der Waals surface area contributed by atoms with Crippen LogP contribution in [0, 0.1) is 0 Å². The highest BCUT2D eigenvalue weighted by molar-refractivity contribution is 5.81. The van der Waals surface area contributed by atoms with Gasteiger partial charge < -0.3 is 20.1 Å². The summed E-state index contributed by atoms with van der Waals surface area (Å²) in [4.78, 5) is 34.6. The number of urea groups is 1. The molecule has 0 unspecified atom stereocenters. The van der Waals surface area contributed by atoms with Gasteiger partial charge in [0.25, 0.3) is 0 Å². The Morgan fingerprint density at radius 3 is 2.22 bits per heavy atom. The van der Waals surface area contributed by atoms with Crippen LogP contribution in [0.5, 0.6) is 0 Å². The maximum absolute atomic E-state index is 11.8. The van der Waals surface area contributed by atoms with Gasteiger partial charge in [-0.25, -0.2) is 4.79 Å². The lowest BCUT2D eigenvalue weighted by molar-refractivity contribution is -0.140. The number of aliphatic carboxylic acids is 1. The molecular weight excluding hydrogens is 240 g/mol. The minimum atomic E-state index is -0.981. The van der Waals surface area contributed by atoms with Crippen LogP contribution in [0.4, 0.5) is 4.79 Å². The fourth-order valence-electron chi connectivity index (χ4n) is 1.26. The van der Waals surface area contributed by atoms with Crippen LogP contribution < -0.4 is 5.32 Å². The zero-order valence-corrected chi connectivity index (χ0v) is 11.1. The molecule has 0 fully saturated rings. The quantitative estimate of drug-likeness (QED) is 0.699. The molecule has 0 saturated carbocycles. The molecule has 2 N–H and O–H groups in total. The Hall–Kier alpha value is -1.79. The lowest BCUT2D eigenvalue weighted by Gasteiger charge is -2.35. The Morgan fingerprint density at radius 2 is 1.83 bits per heavy atom. The van der Waals surface area contributed by atoms with Crippen LogP contribution in [0.1, 0.15) is 27.2 Å². The summed E-state index contributed by atoms with van der Waals surface area (Å²) in [6, 6.07) is -0.492. The summed E-state index contributed by atoms with van der Waals surface area (Å²) in [6.45, 7) is 5.19. The molecule has 7 nitrogen and oxygen atoms in total. The Balaban J connectivity index is 4.51. The molecule has 0 rings (SSSR count). The van der Waals surface area contributed by atoms with Gasteiger partial charge in [-0.15, -0.1) is 0 Å². The summed E-state index contributed by atoms with van der Waals surface area (Å²) in [7, 11) is 1.22. The van der Waals surface area contributed by atoms with E-state index in [1.54, 1.807) is 20.8 Å². The van der Waals surface area contributed by atoms with Gasteiger partial charge in [-0.1, -0.05) is 0 Å². The van der Waals surface area contributed by atoms with Crippen LogP contribution in [0.2, 0.25) is 0 Å².